The SMILES string of the molecule is CC[C@H](C)[C@H](NC(=O)OC)C(=O)N1CCC[C@H]1c1nc2ccc3cc(-c4ccc5c(ccc6nc([C@@H]7C[C@H](COCC8CCCCC8)CN7C(=O)[C@H](NC(=O)C7CC7)c7ccccc7)[nH]c65)c4)ccc3c2[nH]1. The molecule has 374 valence electrons. The Morgan fingerprint density at radius 3 is 1.96 bits per heavy atom. The van der Waals surface area contributed by atoms with E-state index < -0.39 is 18.2 Å². The van der Waals surface area contributed by atoms with E-state index in [1.807, 2.05) is 60.0 Å². The Morgan fingerprint density at radius 1 is 0.694 bits per heavy atom. The Morgan fingerprint density at radius 2 is 1.33 bits per heavy atom. The molecule has 0 spiro atoms. The number of H-pyrrole nitrogens is 2. The molecule has 5 aromatic carbocycles. The minimum absolute atomic E-state index is 0.0327. The van der Waals surface area contributed by atoms with Gasteiger partial charge in [0.15, 0.2) is 0 Å². The molecule has 2 aliphatic carbocycles. The first-order valence-corrected chi connectivity index (χ1v) is 26.4. The van der Waals surface area contributed by atoms with Gasteiger partial charge in [0, 0.05) is 42.3 Å². The number of fused-ring (bicyclic) bond motifs is 6. The monoisotopic (exact) mass is 971 g/mol. The fraction of sp³-hybridized carbons (Fsp3) is 0.448. The molecule has 2 saturated carbocycles. The van der Waals surface area contributed by atoms with Crippen LogP contribution >= 0.6 is 0 Å². The second-order valence-electron chi connectivity index (χ2n) is 21.0. The molecule has 0 bridgehead atoms. The summed E-state index contributed by atoms with van der Waals surface area (Å²) in [6.45, 7) is 6.43. The number of amides is 4. The van der Waals surface area contributed by atoms with Gasteiger partial charge in [-0.1, -0.05) is 106 Å². The molecule has 4 N–H and O–H groups in total. The lowest BCUT2D eigenvalue weighted by Crippen LogP contribution is -2.51. The number of nitrogens with zero attached hydrogens (tertiary/aromatic N) is 4. The van der Waals surface area contributed by atoms with Gasteiger partial charge in [0.1, 0.15) is 23.7 Å². The Hall–Kier alpha value is -6.80. The number of hydrogen-bond donors (Lipinski definition) is 4. The van der Waals surface area contributed by atoms with Crippen molar-refractivity contribution in [2.24, 2.45) is 23.7 Å². The van der Waals surface area contributed by atoms with Crippen LogP contribution in [0.25, 0.3) is 54.7 Å². The highest BCUT2D eigenvalue weighted by Crippen LogP contribution is 2.41. The molecule has 72 heavy (non-hydrogen) atoms. The van der Waals surface area contributed by atoms with Gasteiger partial charge < -0.3 is 39.9 Å². The molecule has 6 atom stereocenters. The number of alkyl carbamates (subject to hydrolysis) is 1. The maximum Gasteiger partial charge on any atom is 0.407 e. The average molecular weight is 971 g/mol. The molecule has 4 amide bonds. The fourth-order valence-electron chi connectivity index (χ4n) is 11.7. The lowest BCUT2D eigenvalue weighted by Gasteiger charge is -2.30. The van der Waals surface area contributed by atoms with E-state index in [1.54, 1.807) is 0 Å². The topological polar surface area (TPSA) is 175 Å². The van der Waals surface area contributed by atoms with E-state index in [9.17, 15) is 19.2 Å². The van der Waals surface area contributed by atoms with Gasteiger partial charge in [0.05, 0.1) is 47.9 Å². The van der Waals surface area contributed by atoms with Crippen LogP contribution in [0, 0.1) is 23.7 Å². The summed E-state index contributed by atoms with van der Waals surface area (Å²) in [7, 11) is 1.31. The van der Waals surface area contributed by atoms with Crippen molar-refractivity contribution in [2.75, 3.05) is 33.4 Å². The van der Waals surface area contributed by atoms with E-state index in [2.05, 4.69) is 75.2 Å². The van der Waals surface area contributed by atoms with E-state index in [0.717, 1.165) is 111 Å². The van der Waals surface area contributed by atoms with Crippen molar-refractivity contribution in [2.45, 2.75) is 109 Å². The highest BCUT2D eigenvalue weighted by molar-refractivity contribution is 6.07. The maximum atomic E-state index is 14.9. The first kappa shape index (κ1) is 47.5. The summed E-state index contributed by atoms with van der Waals surface area (Å²) in [5.74, 6) is 1.81. The van der Waals surface area contributed by atoms with Crippen molar-refractivity contribution >= 4 is 67.4 Å². The van der Waals surface area contributed by atoms with Gasteiger partial charge in [-0.05, 0) is 109 Å². The number of nitrogens with one attached hydrogen (secondary N) is 4. The molecule has 11 rings (SSSR count). The number of methoxy groups -OCH3 is 1. The molecular formula is C58H66N8O6. The van der Waals surface area contributed by atoms with Gasteiger partial charge >= 0.3 is 6.09 Å². The highest BCUT2D eigenvalue weighted by Gasteiger charge is 2.43. The number of carbonyl (C=O) groups is 4. The number of likely N-dealkylation sites (tertiary alicyclic amines) is 2. The van der Waals surface area contributed by atoms with Gasteiger partial charge in [-0.3, -0.25) is 14.4 Å². The van der Waals surface area contributed by atoms with Crippen LogP contribution in [0.3, 0.4) is 0 Å². The summed E-state index contributed by atoms with van der Waals surface area (Å²) in [4.78, 5) is 75.7. The quantitative estimate of drug-likeness (QED) is 0.0785. The number of aromatic amines is 2. The van der Waals surface area contributed by atoms with Crippen LogP contribution in [-0.2, 0) is 23.9 Å². The van der Waals surface area contributed by atoms with Gasteiger partial charge in [0.2, 0.25) is 17.7 Å². The first-order chi connectivity index (χ1) is 35.1. The molecular weight excluding hydrogens is 905 g/mol. The molecule has 0 unspecified atom stereocenters. The third-order valence-corrected chi connectivity index (χ3v) is 16.1. The number of ether oxygens (including phenoxy) is 2. The zero-order valence-electron chi connectivity index (χ0n) is 41.6. The van der Waals surface area contributed by atoms with Gasteiger partial charge in [0.25, 0.3) is 0 Å². The predicted molar refractivity (Wildman–Crippen MR) is 279 cm³/mol. The summed E-state index contributed by atoms with van der Waals surface area (Å²) in [6.07, 6.45) is 10.4. The van der Waals surface area contributed by atoms with Crippen molar-refractivity contribution in [3.05, 3.63) is 108 Å². The second-order valence-corrected chi connectivity index (χ2v) is 21.0. The molecule has 7 aromatic rings. The molecule has 4 fully saturated rings. The molecule has 0 radical (unpaired) electrons. The third-order valence-electron chi connectivity index (χ3n) is 16.1. The average Bonchev–Trinajstić information content (AvgIpc) is 3.73. The Balaban J connectivity index is 0.855. The lowest BCUT2D eigenvalue weighted by atomic mass is 9.90. The lowest BCUT2D eigenvalue weighted by molar-refractivity contribution is -0.138. The molecule has 14 nitrogen and oxygen atoms in total. The highest BCUT2D eigenvalue weighted by atomic mass is 16.5. The maximum absolute atomic E-state index is 14.9. The second kappa shape index (κ2) is 20.4. The van der Waals surface area contributed by atoms with E-state index in [4.69, 9.17) is 19.4 Å². The van der Waals surface area contributed by atoms with Crippen molar-refractivity contribution in [3.8, 4) is 11.1 Å². The van der Waals surface area contributed by atoms with E-state index in [1.165, 1.54) is 39.2 Å². The summed E-state index contributed by atoms with van der Waals surface area (Å²) >= 11 is 0. The van der Waals surface area contributed by atoms with Crippen LogP contribution in [-0.4, -0.2) is 93.0 Å². The van der Waals surface area contributed by atoms with Gasteiger partial charge in [-0.15, -0.1) is 0 Å². The number of benzene rings is 5. The molecule has 2 saturated heterocycles. The number of carbonyl (C=O) groups excluding carboxylic acids is 4. The number of rotatable bonds is 15. The summed E-state index contributed by atoms with van der Waals surface area (Å²) in [5, 5.41) is 10.1. The first-order valence-electron chi connectivity index (χ1n) is 26.4. The Kier molecular flexibility index (Phi) is 13.4. The minimum Gasteiger partial charge on any atom is -0.453 e. The molecule has 14 heteroatoms. The summed E-state index contributed by atoms with van der Waals surface area (Å²) in [5.41, 5.74) is 6.46. The largest absolute Gasteiger partial charge is 0.453 e. The van der Waals surface area contributed by atoms with Crippen LogP contribution in [0.15, 0.2) is 91.0 Å². The van der Waals surface area contributed by atoms with Crippen LogP contribution in [0.1, 0.15) is 120 Å². The molecule has 4 heterocycles. The third kappa shape index (κ3) is 9.53. The normalized spacial score (nSPS) is 20.8. The van der Waals surface area contributed by atoms with Crippen molar-refractivity contribution in [3.63, 3.8) is 0 Å². The molecule has 4 aliphatic rings. The summed E-state index contributed by atoms with van der Waals surface area (Å²) in [6, 6.07) is 28.9. The van der Waals surface area contributed by atoms with Crippen LogP contribution in [0.5, 0.6) is 0 Å². The van der Waals surface area contributed by atoms with E-state index >= 15 is 0 Å². The van der Waals surface area contributed by atoms with Crippen LogP contribution < -0.4 is 10.6 Å². The van der Waals surface area contributed by atoms with Crippen LogP contribution in [0.4, 0.5) is 4.79 Å². The van der Waals surface area contributed by atoms with Gasteiger partial charge in [-0.25, -0.2) is 14.8 Å². The molecule has 2 aromatic heterocycles. The standard InChI is InChI=1S/C58H66N8O6/c1-4-34(2)49(64-58(70)71-3)56(68)65-27-11-16-47(65)53-59-45-25-21-41-29-39(19-23-43(41)51(45)61-53)40-20-24-44-42(30-40)22-26-46-52(44)62-54(60-46)48-28-36(33-72-32-35-12-7-5-8-13-35)31-66(48)57(69)50(37-14-9-6-10-15-37)63-55(67)38-17-18-38/h6,9-10,14-15,19-26,29-30,34-36,38,47-50H,4-5,7-8,11-13,16-18,27-28,31-33H2,1-3H3,(H,59,61)(H,60,62)(H,63,67)(H,64,70)/t34-,36-,47-,48-,49-,50+/m0/s1. The van der Waals surface area contributed by atoms with Gasteiger partial charge in [-0.2, -0.15) is 0 Å². The number of aromatic nitrogens is 4. The zero-order chi connectivity index (χ0) is 49.5. The number of imidazole rings is 2. The van der Waals surface area contributed by atoms with Crippen molar-refractivity contribution in [1.29, 1.82) is 0 Å². The molecule has 2 aliphatic heterocycles. The Labute approximate surface area is 420 Å². The predicted octanol–water partition coefficient (Wildman–Crippen LogP) is 10.6. The fourth-order valence-corrected chi connectivity index (χ4v) is 11.7. The van der Waals surface area contributed by atoms with E-state index in [0.29, 0.717) is 32.0 Å². The smallest absolute Gasteiger partial charge is 0.407 e. The minimum atomic E-state index is -0.794. The Bertz CT molecular complexity index is 3140. The zero-order valence-corrected chi connectivity index (χ0v) is 41.6. The van der Waals surface area contributed by atoms with E-state index in [-0.39, 0.29) is 47.6 Å². The van der Waals surface area contributed by atoms with Crippen molar-refractivity contribution in [1.82, 2.24) is 40.4 Å². The van der Waals surface area contributed by atoms with Crippen molar-refractivity contribution < 1.29 is 28.7 Å². The number of hydrogen-bond acceptors (Lipinski definition) is 8. The van der Waals surface area contributed by atoms with Crippen LogP contribution in [0.2, 0.25) is 0 Å². The summed E-state index contributed by atoms with van der Waals surface area (Å²) < 4.78 is 11.3.